The number of hydrogen-bond donors (Lipinski definition) is 0. The van der Waals surface area contributed by atoms with Gasteiger partial charge in [-0.3, -0.25) is 9.69 Å². The van der Waals surface area contributed by atoms with Crippen molar-refractivity contribution in [3.05, 3.63) is 88.1 Å². The smallest absolute Gasteiger partial charge is 0.267 e. The summed E-state index contributed by atoms with van der Waals surface area (Å²) in [7, 11) is 0. The number of aromatic nitrogens is 1. The summed E-state index contributed by atoms with van der Waals surface area (Å²) < 4.78 is 0. The largest absolute Gasteiger partial charge is 0.282 e. The van der Waals surface area contributed by atoms with Gasteiger partial charge in [-0.05, 0) is 29.5 Å². The number of carbonyl (C=O) groups excluding carboxylic acids is 1. The number of amides is 1. The first-order chi connectivity index (χ1) is 14.2. The molecule has 144 valence electrons. The predicted molar refractivity (Wildman–Crippen MR) is 124 cm³/mol. The first-order valence-electron chi connectivity index (χ1n) is 8.82. The van der Waals surface area contributed by atoms with Crippen LogP contribution < -0.4 is 0 Å². The maximum atomic E-state index is 12.9. The molecule has 1 aromatic heterocycles. The monoisotopic (exact) mass is 437 g/mol. The average molecular weight is 438 g/mol. The number of thiazole rings is 1. The van der Waals surface area contributed by atoms with Crippen LogP contribution in [0.15, 0.2) is 82.5 Å². The lowest BCUT2D eigenvalue weighted by molar-refractivity contribution is -0.121. The molecule has 1 saturated heterocycles. The highest BCUT2D eigenvalue weighted by Crippen LogP contribution is 2.36. The van der Waals surface area contributed by atoms with Gasteiger partial charge in [-0.25, -0.2) is 4.98 Å². The normalized spacial score (nSPS) is 16.7. The van der Waals surface area contributed by atoms with E-state index < -0.39 is 0 Å². The van der Waals surface area contributed by atoms with Gasteiger partial charge in [-0.2, -0.15) is 4.99 Å². The van der Waals surface area contributed by atoms with E-state index in [0.717, 1.165) is 16.8 Å². The summed E-state index contributed by atoms with van der Waals surface area (Å²) in [5.74, 6) is -0.117. The summed E-state index contributed by atoms with van der Waals surface area (Å²) >= 11 is 9.00. The number of nitrogens with zero attached hydrogens (tertiary/aromatic N) is 3. The highest BCUT2D eigenvalue weighted by Gasteiger charge is 2.33. The molecule has 0 atom stereocenters. The van der Waals surface area contributed by atoms with Crippen LogP contribution in [0.5, 0.6) is 0 Å². The number of rotatable bonds is 5. The molecule has 2 aromatic carbocycles. The Morgan fingerprint density at radius 3 is 2.66 bits per heavy atom. The Hall–Kier alpha value is -2.67. The number of thioether (sulfide) groups is 1. The van der Waals surface area contributed by atoms with Crippen LogP contribution in [0.25, 0.3) is 17.3 Å². The third-order valence-corrected chi connectivity index (χ3v) is 6.23. The van der Waals surface area contributed by atoms with Crippen molar-refractivity contribution in [3.63, 3.8) is 0 Å². The fourth-order valence-electron chi connectivity index (χ4n) is 2.75. The van der Waals surface area contributed by atoms with E-state index in [1.165, 1.54) is 23.1 Å². The van der Waals surface area contributed by atoms with Crippen LogP contribution in [0.1, 0.15) is 5.56 Å². The number of hydrogen-bond acceptors (Lipinski definition) is 5. The lowest BCUT2D eigenvalue weighted by Gasteiger charge is -2.11. The van der Waals surface area contributed by atoms with Gasteiger partial charge in [0.05, 0.1) is 10.6 Å². The summed E-state index contributed by atoms with van der Waals surface area (Å²) in [5.41, 5.74) is 2.70. The molecule has 2 heterocycles. The second-order valence-electron chi connectivity index (χ2n) is 6.11. The summed E-state index contributed by atoms with van der Waals surface area (Å²) in [6, 6.07) is 17.4. The zero-order chi connectivity index (χ0) is 20.2. The van der Waals surface area contributed by atoms with Gasteiger partial charge >= 0.3 is 0 Å². The standard InChI is InChI=1S/C22H16ClN3OS2/c1-2-12-26-20(27)19(13-16-10-6-7-11-17(16)23)29-22(26)25-21-24-18(14-28-21)15-8-4-3-5-9-15/h2-11,13-14H,1,12H2/b19-13-,25-22+. The van der Waals surface area contributed by atoms with Crippen molar-refractivity contribution in [3.8, 4) is 11.3 Å². The molecule has 0 aliphatic carbocycles. The van der Waals surface area contributed by atoms with Crippen molar-refractivity contribution >= 4 is 57.0 Å². The van der Waals surface area contributed by atoms with Crippen LogP contribution in [-0.2, 0) is 4.79 Å². The molecule has 1 amide bonds. The van der Waals surface area contributed by atoms with E-state index in [1.807, 2.05) is 53.9 Å². The third kappa shape index (κ3) is 4.34. The maximum absolute atomic E-state index is 12.9. The number of benzene rings is 2. The summed E-state index contributed by atoms with van der Waals surface area (Å²) in [5, 5.41) is 3.75. The van der Waals surface area contributed by atoms with Crippen molar-refractivity contribution in [1.29, 1.82) is 0 Å². The second kappa shape index (κ2) is 8.78. The molecule has 0 bridgehead atoms. The lowest BCUT2D eigenvalue weighted by Crippen LogP contribution is -2.29. The van der Waals surface area contributed by atoms with Crippen LogP contribution in [-0.4, -0.2) is 27.5 Å². The molecule has 0 radical (unpaired) electrons. The van der Waals surface area contributed by atoms with Gasteiger partial charge in [0.1, 0.15) is 0 Å². The van der Waals surface area contributed by atoms with Crippen LogP contribution in [0.2, 0.25) is 5.02 Å². The SMILES string of the molecule is C=CCN1C(=O)/C(=C/c2ccccc2Cl)S/C1=N/c1nc(-c2ccccc2)cs1. The lowest BCUT2D eigenvalue weighted by atomic mass is 10.2. The van der Waals surface area contributed by atoms with Crippen molar-refractivity contribution in [2.24, 2.45) is 4.99 Å². The molecular weight excluding hydrogens is 422 g/mol. The second-order valence-corrected chi connectivity index (χ2v) is 8.37. The molecule has 1 fully saturated rings. The molecule has 4 rings (SSSR count). The van der Waals surface area contributed by atoms with Crippen LogP contribution in [0.3, 0.4) is 0 Å². The van der Waals surface area contributed by atoms with Gasteiger partial charge in [-0.15, -0.1) is 17.9 Å². The zero-order valence-electron chi connectivity index (χ0n) is 15.3. The fraction of sp³-hybridized carbons (Fsp3) is 0.0455. The summed E-state index contributed by atoms with van der Waals surface area (Å²) in [6.07, 6.45) is 3.48. The van der Waals surface area contributed by atoms with Gasteiger partial charge in [0.2, 0.25) is 5.13 Å². The highest BCUT2D eigenvalue weighted by molar-refractivity contribution is 8.18. The van der Waals surface area contributed by atoms with Crippen LogP contribution >= 0.6 is 34.7 Å². The fourth-order valence-corrected chi connectivity index (χ4v) is 4.68. The molecule has 1 aliphatic rings. The molecule has 4 nitrogen and oxygen atoms in total. The number of amidine groups is 1. The van der Waals surface area contributed by atoms with Crippen molar-refractivity contribution < 1.29 is 4.79 Å². The van der Waals surface area contributed by atoms with Gasteiger partial charge in [0.25, 0.3) is 5.91 Å². The van der Waals surface area contributed by atoms with Crippen LogP contribution in [0, 0.1) is 0 Å². The Morgan fingerprint density at radius 2 is 1.90 bits per heavy atom. The number of aliphatic imine (C=N–C) groups is 1. The average Bonchev–Trinajstić information content (AvgIpc) is 3.31. The summed E-state index contributed by atoms with van der Waals surface area (Å²) in [4.78, 5) is 24.3. The molecule has 1 aliphatic heterocycles. The quantitative estimate of drug-likeness (QED) is 0.350. The van der Waals surface area contributed by atoms with Gasteiger partial charge < -0.3 is 0 Å². The number of carbonyl (C=O) groups is 1. The first kappa shape index (κ1) is 19.6. The molecule has 0 spiro atoms. The Kier molecular flexibility index (Phi) is 5.94. The van der Waals surface area contributed by atoms with Gasteiger partial charge in [0, 0.05) is 22.5 Å². The molecule has 0 unspecified atom stereocenters. The van der Waals surface area contributed by atoms with E-state index in [9.17, 15) is 4.79 Å². The topological polar surface area (TPSA) is 45.6 Å². The molecule has 7 heteroatoms. The third-order valence-electron chi connectivity index (χ3n) is 4.14. The van der Waals surface area contributed by atoms with Crippen LogP contribution in [0.4, 0.5) is 5.13 Å². The van der Waals surface area contributed by atoms with E-state index in [4.69, 9.17) is 11.6 Å². The Morgan fingerprint density at radius 1 is 1.14 bits per heavy atom. The Labute approximate surface area is 182 Å². The summed E-state index contributed by atoms with van der Waals surface area (Å²) in [6.45, 7) is 4.13. The van der Waals surface area contributed by atoms with Gasteiger partial charge in [0.15, 0.2) is 5.17 Å². The first-order valence-corrected chi connectivity index (χ1v) is 10.9. The minimum atomic E-state index is -0.117. The van der Waals surface area contributed by atoms with E-state index in [-0.39, 0.29) is 5.91 Å². The van der Waals surface area contributed by atoms with Crippen molar-refractivity contribution in [1.82, 2.24) is 9.88 Å². The van der Waals surface area contributed by atoms with Gasteiger partial charge in [-0.1, -0.05) is 66.2 Å². The molecule has 3 aromatic rings. The van der Waals surface area contributed by atoms with E-state index in [1.54, 1.807) is 23.1 Å². The molecule has 0 N–H and O–H groups in total. The molecule has 0 saturated carbocycles. The minimum Gasteiger partial charge on any atom is -0.282 e. The highest BCUT2D eigenvalue weighted by atomic mass is 35.5. The Balaban J connectivity index is 1.65. The van der Waals surface area contributed by atoms with Crippen molar-refractivity contribution in [2.75, 3.05) is 6.54 Å². The minimum absolute atomic E-state index is 0.117. The molecular formula is C22H16ClN3OS2. The predicted octanol–water partition coefficient (Wildman–Crippen LogP) is 6.25. The molecule has 29 heavy (non-hydrogen) atoms. The van der Waals surface area contributed by atoms with E-state index in [0.29, 0.717) is 26.8 Å². The maximum Gasteiger partial charge on any atom is 0.267 e. The number of halogens is 1. The van der Waals surface area contributed by atoms with E-state index in [2.05, 4.69) is 16.6 Å². The Bertz CT molecular complexity index is 1120. The van der Waals surface area contributed by atoms with E-state index >= 15 is 0 Å². The zero-order valence-corrected chi connectivity index (χ0v) is 17.7. The van der Waals surface area contributed by atoms with Crippen molar-refractivity contribution in [2.45, 2.75) is 0 Å².